The number of carbonyl (C=O) groups is 2. The fourth-order valence-electron chi connectivity index (χ4n) is 3.00. The molecule has 2 N–H and O–H groups in total. The first-order valence-electron chi connectivity index (χ1n) is 8.00. The van der Waals surface area contributed by atoms with E-state index >= 15 is 0 Å². The van der Waals surface area contributed by atoms with E-state index in [0.29, 0.717) is 37.2 Å². The second-order valence-electron chi connectivity index (χ2n) is 6.05. The van der Waals surface area contributed by atoms with Gasteiger partial charge >= 0.3 is 5.97 Å². The van der Waals surface area contributed by atoms with E-state index in [9.17, 15) is 14.7 Å². The Balaban J connectivity index is 1.67. The van der Waals surface area contributed by atoms with Gasteiger partial charge < -0.3 is 19.6 Å². The minimum Gasteiger partial charge on any atom is -0.481 e. The van der Waals surface area contributed by atoms with Crippen LogP contribution in [-0.4, -0.2) is 41.7 Å². The maximum atomic E-state index is 12.3. The monoisotopic (exact) mass is 332 g/mol. The van der Waals surface area contributed by atoms with E-state index in [1.165, 1.54) is 0 Å². The number of nitrogens with one attached hydrogen (secondary N) is 1. The average Bonchev–Trinajstić information content (AvgIpc) is 2.98. The van der Waals surface area contributed by atoms with Crippen LogP contribution in [0.2, 0.25) is 0 Å². The molecule has 7 heteroatoms. The molecule has 0 aliphatic carbocycles. The lowest BCUT2D eigenvalue weighted by molar-refractivity contribution is -0.144. The summed E-state index contributed by atoms with van der Waals surface area (Å²) < 4.78 is 10.7. The molecular weight excluding hydrogens is 312 g/mol. The summed E-state index contributed by atoms with van der Waals surface area (Å²) in [6.07, 6.45) is 1.39. The number of rotatable bonds is 5. The van der Waals surface area contributed by atoms with Gasteiger partial charge in [0.15, 0.2) is 11.3 Å². The van der Waals surface area contributed by atoms with Crippen molar-refractivity contribution in [2.45, 2.75) is 19.8 Å². The standard InChI is InChI=1S/C17H20N2O5/c1-10-2-3-14-13(19-10)8-15(24-14)16(20)18-9-12(17(21)22)11-4-6-23-7-5-11/h2-3,8,11-12H,4-7,9H2,1H3,(H,18,20)(H,21,22). The zero-order valence-corrected chi connectivity index (χ0v) is 13.4. The molecule has 1 atom stereocenters. The number of furan rings is 1. The highest BCUT2D eigenvalue weighted by Gasteiger charge is 2.30. The number of aryl methyl sites for hydroxylation is 1. The van der Waals surface area contributed by atoms with Gasteiger partial charge in [0.2, 0.25) is 0 Å². The summed E-state index contributed by atoms with van der Waals surface area (Å²) in [7, 11) is 0. The molecule has 0 bridgehead atoms. The van der Waals surface area contributed by atoms with E-state index in [2.05, 4.69) is 10.3 Å². The average molecular weight is 332 g/mol. The van der Waals surface area contributed by atoms with Crippen LogP contribution in [0.25, 0.3) is 11.1 Å². The van der Waals surface area contributed by atoms with Crippen molar-refractivity contribution in [1.82, 2.24) is 10.3 Å². The Hall–Kier alpha value is -2.41. The summed E-state index contributed by atoms with van der Waals surface area (Å²) in [5, 5.41) is 12.1. The van der Waals surface area contributed by atoms with E-state index in [-0.39, 0.29) is 18.2 Å². The fraction of sp³-hybridized carbons (Fsp3) is 0.471. The first kappa shape index (κ1) is 16.4. The summed E-state index contributed by atoms with van der Waals surface area (Å²) in [6.45, 7) is 3.06. The predicted molar refractivity (Wildman–Crippen MR) is 85.7 cm³/mol. The van der Waals surface area contributed by atoms with Crippen molar-refractivity contribution in [3.63, 3.8) is 0 Å². The second kappa shape index (κ2) is 7.00. The number of aromatic nitrogens is 1. The summed E-state index contributed by atoms with van der Waals surface area (Å²) in [5.41, 5.74) is 1.98. The third-order valence-corrected chi connectivity index (χ3v) is 4.37. The summed E-state index contributed by atoms with van der Waals surface area (Å²) in [6, 6.07) is 5.14. The van der Waals surface area contributed by atoms with E-state index in [4.69, 9.17) is 9.15 Å². The third-order valence-electron chi connectivity index (χ3n) is 4.37. The molecule has 0 saturated carbocycles. The van der Waals surface area contributed by atoms with Gasteiger partial charge in [0.1, 0.15) is 5.52 Å². The molecule has 3 heterocycles. The van der Waals surface area contributed by atoms with Crippen LogP contribution in [0.4, 0.5) is 0 Å². The van der Waals surface area contributed by atoms with E-state index in [1.807, 2.05) is 6.92 Å². The van der Waals surface area contributed by atoms with Gasteiger partial charge in [-0.1, -0.05) is 0 Å². The predicted octanol–water partition coefficient (Wildman–Crippen LogP) is 1.99. The zero-order valence-electron chi connectivity index (χ0n) is 13.4. The van der Waals surface area contributed by atoms with Crippen LogP contribution in [0.3, 0.4) is 0 Å². The Morgan fingerprint density at radius 1 is 1.38 bits per heavy atom. The quantitative estimate of drug-likeness (QED) is 0.868. The number of carboxylic acids is 1. The number of hydrogen-bond donors (Lipinski definition) is 2. The van der Waals surface area contributed by atoms with Gasteiger partial charge in [-0.05, 0) is 37.8 Å². The topological polar surface area (TPSA) is 102 Å². The molecule has 3 rings (SSSR count). The molecule has 0 spiro atoms. The maximum Gasteiger partial charge on any atom is 0.308 e. The molecule has 7 nitrogen and oxygen atoms in total. The van der Waals surface area contributed by atoms with Crippen molar-refractivity contribution in [2.75, 3.05) is 19.8 Å². The number of ether oxygens (including phenoxy) is 1. The lowest BCUT2D eigenvalue weighted by atomic mass is 9.86. The van der Waals surface area contributed by atoms with Crippen molar-refractivity contribution in [3.05, 3.63) is 29.7 Å². The maximum absolute atomic E-state index is 12.3. The van der Waals surface area contributed by atoms with Gasteiger partial charge in [-0.15, -0.1) is 0 Å². The van der Waals surface area contributed by atoms with Gasteiger partial charge in [0, 0.05) is 31.5 Å². The normalized spacial score (nSPS) is 16.9. The Bertz CT molecular complexity index is 749. The number of hydrogen-bond acceptors (Lipinski definition) is 5. The largest absolute Gasteiger partial charge is 0.481 e. The molecule has 0 radical (unpaired) electrons. The molecule has 0 aromatic carbocycles. The number of carbonyl (C=O) groups excluding carboxylic acids is 1. The van der Waals surface area contributed by atoms with Crippen LogP contribution in [0.15, 0.2) is 22.6 Å². The minimum absolute atomic E-state index is 0.0107. The number of carboxylic acid groups (broad SMARTS) is 1. The summed E-state index contributed by atoms with van der Waals surface area (Å²) >= 11 is 0. The molecule has 24 heavy (non-hydrogen) atoms. The van der Waals surface area contributed by atoms with Gasteiger partial charge in [-0.3, -0.25) is 9.59 Å². The molecule has 1 fully saturated rings. The van der Waals surface area contributed by atoms with E-state index in [1.54, 1.807) is 18.2 Å². The highest BCUT2D eigenvalue weighted by molar-refractivity contribution is 5.95. The summed E-state index contributed by atoms with van der Waals surface area (Å²) in [5.74, 6) is -1.80. The molecule has 2 aromatic heterocycles. The van der Waals surface area contributed by atoms with Crippen molar-refractivity contribution in [2.24, 2.45) is 11.8 Å². The highest BCUT2D eigenvalue weighted by Crippen LogP contribution is 2.24. The van der Waals surface area contributed by atoms with Crippen molar-refractivity contribution in [1.29, 1.82) is 0 Å². The number of fused-ring (bicyclic) bond motifs is 1. The van der Waals surface area contributed by atoms with E-state index < -0.39 is 17.8 Å². The molecule has 1 aliphatic rings. The van der Waals surface area contributed by atoms with Gasteiger partial charge in [0.25, 0.3) is 5.91 Å². The smallest absolute Gasteiger partial charge is 0.308 e. The number of aliphatic carboxylic acids is 1. The van der Waals surface area contributed by atoms with Crippen molar-refractivity contribution in [3.8, 4) is 0 Å². The van der Waals surface area contributed by atoms with Crippen LogP contribution in [0.5, 0.6) is 0 Å². The lowest BCUT2D eigenvalue weighted by Gasteiger charge is -2.27. The van der Waals surface area contributed by atoms with E-state index in [0.717, 1.165) is 5.69 Å². The first-order valence-corrected chi connectivity index (χ1v) is 8.00. The fourth-order valence-corrected chi connectivity index (χ4v) is 3.00. The SMILES string of the molecule is Cc1ccc2oc(C(=O)NCC(C(=O)O)C3CCOCC3)cc2n1. The number of nitrogens with zero attached hydrogens (tertiary/aromatic N) is 1. The molecule has 128 valence electrons. The molecule has 2 aromatic rings. The van der Waals surface area contributed by atoms with Gasteiger partial charge in [0.05, 0.1) is 5.92 Å². The first-order chi connectivity index (χ1) is 11.5. The van der Waals surface area contributed by atoms with Crippen LogP contribution < -0.4 is 5.32 Å². The van der Waals surface area contributed by atoms with Crippen molar-refractivity contribution < 1.29 is 23.8 Å². The molecule has 1 amide bonds. The molecule has 1 unspecified atom stereocenters. The zero-order chi connectivity index (χ0) is 17.1. The van der Waals surface area contributed by atoms with Crippen LogP contribution in [0, 0.1) is 18.8 Å². The highest BCUT2D eigenvalue weighted by atomic mass is 16.5. The minimum atomic E-state index is -0.899. The second-order valence-corrected chi connectivity index (χ2v) is 6.05. The van der Waals surface area contributed by atoms with Gasteiger partial charge in [-0.2, -0.15) is 0 Å². The molecular formula is C17H20N2O5. The van der Waals surface area contributed by atoms with Crippen LogP contribution in [0.1, 0.15) is 29.1 Å². The van der Waals surface area contributed by atoms with Crippen molar-refractivity contribution >= 4 is 23.0 Å². The Morgan fingerprint density at radius 3 is 2.83 bits per heavy atom. The number of pyridine rings is 1. The van der Waals surface area contributed by atoms with Crippen LogP contribution in [-0.2, 0) is 9.53 Å². The van der Waals surface area contributed by atoms with Gasteiger partial charge in [-0.25, -0.2) is 4.98 Å². The Morgan fingerprint density at radius 2 is 2.12 bits per heavy atom. The number of amides is 1. The molecule has 1 aliphatic heterocycles. The third kappa shape index (κ3) is 3.56. The summed E-state index contributed by atoms with van der Waals surface area (Å²) in [4.78, 5) is 28.1. The Kier molecular flexibility index (Phi) is 4.80. The Labute approximate surface area is 139 Å². The lowest BCUT2D eigenvalue weighted by Crippen LogP contribution is -2.38. The molecule has 1 saturated heterocycles. The van der Waals surface area contributed by atoms with Crippen LogP contribution >= 0.6 is 0 Å².